The van der Waals surface area contributed by atoms with Gasteiger partial charge in [0.05, 0.1) is 39.3 Å². The summed E-state index contributed by atoms with van der Waals surface area (Å²) >= 11 is 1.36. The first-order valence-corrected chi connectivity index (χ1v) is 17.7. The number of thiazole rings is 1. The van der Waals surface area contributed by atoms with Crippen molar-refractivity contribution >= 4 is 43.4 Å². The van der Waals surface area contributed by atoms with Gasteiger partial charge in [0.1, 0.15) is 6.04 Å². The van der Waals surface area contributed by atoms with E-state index in [0.29, 0.717) is 12.5 Å². The van der Waals surface area contributed by atoms with E-state index in [0.717, 1.165) is 28.6 Å². The lowest BCUT2D eigenvalue weighted by atomic mass is 9.96. The molecule has 0 spiro atoms. The van der Waals surface area contributed by atoms with Crippen LogP contribution >= 0.6 is 11.3 Å². The third kappa shape index (κ3) is 9.31. The maximum Gasteiger partial charge on any atom is 0.243 e. The summed E-state index contributed by atoms with van der Waals surface area (Å²) in [5.41, 5.74) is 3.27. The topological polar surface area (TPSA) is 141 Å². The zero-order valence-electron chi connectivity index (χ0n) is 25.9. The molecular weight excluding hydrogens is 599 g/mol. The molecule has 44 heavy (non-hydrogen) atoms. The molecule has 1 aliphatic carbocycles. The maximum absolute atomic E-state index is 13.9. The normalized spacial score (nSPS) is 16.5. The Hall–Kier alpha value is -2.90. The Kier molecular flexibility index (Phi) is 11.9. The van der Waals surface area contributed by atoms with Gasteiger partial charge in [-0.1, -0.05) is 64.4 Å². The number of nitrogens with zero attached hydrogens (tertiary/aromatic N) is 2. The van der Waals surface area contributed by atoms with E-state index in [-0.39, 0.29) is 48.7 Å². The Labute approximate surface area is 264 Å². The van der Waals surface area contributed by atoms with E-state index < -0.39 is 34.1 Å². The molecule has 1 aliphatic rings. The standard InChI is InChI=1S/C32H45N5O5S2/c1-5-22(4)31(36-30(39)17-33-24-11-12-24)32(40)35-27(15-23-9-7-6-8-10-23)28(38)19-37(18-21(2)3)44(41,42)25-13-14-26-29(16-25)43-20-34-26/h6-10,13-14,16,20-22,24,27-28,31,33,38H,5,11-12,15,17-19H2,1-4H3,(H,35,40)(H,36,39)/t22-,27-,28+,31?/m0/s1. The molecule has 0 radical (unpaired) electrons. The van der Waals surface area contributed by atoms with Crippen LogP contribution in [0.4, 0.5) is 0 Å². The van der Waals surface area contributed by atoms with Crippen LogP contribution in [-0.2, 0) is 26.0 Å². The molecule has 3 aromatic rings. The molecule has 2 aromatic carbocycles. The first kappa shape index (κ1) is 34.0. The molecule has 1 heterocycles. The van der Waals surface area contributed by atoms with Gasteiger partial charge >= 0.3 is 0 Å². The number of sulfonamides is 1. The van der Waals surface area contributed by atoms with Crippen molar-refractivity contribution in [1.82, 2.24) is 25.2 Å². The third-order valence-corrected chi connectivity index (χ3v) is 10.6. The fourth-order valence-corrected chi connectivity index (χ4v) is 7.47. The van der Waals surface area contributed by atoms with E-state index in [2.05, 4.69) is 20.9 Å². The van der Waals surface area contributed by atoms with Gasteiger partial charge in [-0.2, -0.15) is 4.31 Å². The number of benzene rings is 2. The van der Waals surface area contributed by atoms with Crippen molar-refractivity contribution in [2.75, 3.05) is 19.6 Å². The van der Waals surface area contributed by atoms with Crippen LogP contribution in [0.2, 0.25) is 0 Å². The highest BCUT2D eigenvalue weighted by molar-refractivity contribution is 7.89. The van der Waals surface area contributed by atoms with Gasteiger partial charge in [-0.15, -0.1) is 11.3 Å². The molecule has 0 aliphatic heterocycles. The molecular formula is C32H45N5O5S2. The smallest absolute Gasteiger partial charge is 0.243 e. The van der Waals surface area contributed by atoms with Crippen molar-refractivity contribution in [1.29, 1.82) is 0 Å². The van der Waals surface area contributed by atoms with E-state index in [9.17, 15) is 23.1 Å². The van der Waals surface area contributed by atoms with Gasteiger partial charge in [0.25, 0.3) is 0 Å². The largest absolute Gasteiger partial charge is 0.390 e. The lowest BCUT2D eigenvalue weighted by Crippen LogP contribution is -2.57. The van der Waals surface area contributed by atoms with Crippen molar-refractivity contribution in [3.05, 3.63) is 59.6 Å². The van der Waals surface area contributed by atoms with Crippen molar-refractivity contribution in [2.24, 2.45) is 11.8 Å². The number of nitrogens with one attached hydrogen (secondary N) is 3. The maximum atomic E-state index is 13.9. The van der Waals surface area contributed by atoms with Gasteiger partial charge in [0, 0.05) is 19.1 Å². The number of fused-ring (bicyclic) bond motifs is 1. The highest BCUT2D eigenvalue weighted by Gasteiger charge is 2.34. The van der Waals surface area contributed by atoms with E-state index in [1.807, 2.05) is 58.0 Å². The number of rotatable bonds is 17. The van der Waals surface area contributed by atoms with Gasteiger partial charge in [-0.3, -0.25) is 9.59 Å². The molecule has 4 N–H and O–H groups in total. The zero-order valence-corrected chi connectivity index (χ0v) is 27.5. The molecule has 0 bridgehead atoms. The van der Waals surface area contributed by atoms with E-state index >= 15 is 0 Å². The summed E-state index contributed by atoms with van der Waals surface area (Å²) in [6.07, 6.45) is 1.80. The predicted molar refractivity (Wildman–Crippen MR) is 174 cm³/mol. The van der Waals surface area contributed by atoms with Crippen LogP contribution < -0.4 is 16.0 Å². The van der Waals surface area contributed by atoms with Crippen LogP contribution in [-0.4, -0.2) is 78.5 Å². The Bertz CT molecular complexity index is 1490. The molecule has 240 valence electrons. The van der Waals surface area contributed by atoms with Crippen LogP contribution in [0.15, 0.2) is 58.9 Å². The van der Waals surface area contributed by atoms with Gasteiger partial charge in [-0.05, 0) is 54.9 Å². The van der Waals surface area contributed by atoms with Crippen molar-refractivity contribution in [3.8, 4) is 0 Å². The number of aliphatic hydroxyl groups is 1. The summed E-state index contributed by atoms with van der Waals surface area (Å²) < 4.78 is 29.9. The first-order valence-electron chi connectivity index (χ1n) is 15.4. The lowest BCUT2D eigenvalue weighted by molar-refractivity contribution is -0.131. The number of aliphatic hydroxyl groups excluding tert-OH is 1. The molecule has 12 heteroatoms. The quantitative estimate of drug-likeness (QED) is 0.177. The van der Waals surface area contributed by atoms with Crippen LogP contribution in [0.25, 0.3) is 10.2 Å². The number of hydrogen-bond acceptors (Lipinski definition) is 8. The summed E-state index contributed by atoms with van der Waals surface area (Å²) in [4.78, 5) is 30.8. The van der Waals surface area contributed by atoms with Crippen LogP contribution in [0.1, 0.15) is 52.5 Å². The molecule has 4 rings (SSSR count). The molecule has 1 saturated carbocycles. The fraction of sp³-hybridized carbons (Fsp3) is 0.531. The second-order valence-electron chi connectivity index (χ2n) is 12.2. The van der Waals surface area contributed by atoms with Gasteiger partial charge in [-0.25, -0.2) is 13.4 Å². The molecule has 1 unspecified atom stereocenters. The summed E-state index contributed by atoms with van der Waals surface area (Å²) in [6, 6.07) is 13.0. The minimum Gasteiger partial charge on any atom is -0.390 e. The van der Waals surface area contributed by atoms with Crippen molar-refractivity contribution in [2.45, 2.75) is 82.5 Å². The van der Waals surface area contributed by atoms with Gasteiger partial charge < -0.3 is 21.1 Å². The lowest BCUT2D eigenvalue weighted by Gasteiger charge is -2.32. The molecule has 2 amide bonds. The first-order chi connectivity index (χ1) is 21.0. The second kappa shape index (κ2) is 15.4. The van der Waals surface area contributed by atoms with Crippen LogP contribution in [0.3, 0.4) is 0 Å². The number of carbonyl (C=O) groups is 2. The Morgan fingerprint density at radius 2 is 1.80 bits per heavy atom. The predicted octanol–water partition coefficient (Wildman–Crippen LogP) is 3.31. The minimum absolute atomic E-state index is 0.0134. The Balaban J connectivity index is 1.56. The molecule has 10 nitrogen and oxygen atoms in total. The average Bonchev–Trinajstić information content (AvgIpc) is 3.71. The number of hydrogen-bond donors (Lipinski definition) is 4. The molecule has 0 saturated heterocycles. The Morgan fingerprint density at radius 1 is 1.07 bits per heavy atom. The zero-order chi connectivity index (χ0) is 31.9. The Morgan fingerprint density at radius 3 is 2.45 bits per heavy atom. The fourth-order valence-electron chi connectivity index (χ4n) is 5.03. The summed E-state index contributed by atoms with van der Waals surface area (Å²) in [5, 5.41) is 20.7. The average molecular weight is 644 g/mol. The van der Waals surface area contributed by atoms with Crippen molar-refractivity contribution < 1.29 is 23.1 Å². The molecule has 1 aromatic heterocycles. The van der Waals surface area contributed by atoms with Crippen LogP contribution in [0.5, 0.6) is 0 Å². The highest BCUT2D eigenvalue weighted by Crippen LogP contribution is 2.25. The second-order valence-corrected chi connectivity index (χ2v) is 15.0. The highest BCUT2D eigenvalue weighted by atomic mass is 32.2. The number of carbonyl (C=O) groups excluding carboxylic acids is 2. The van der Waals surface area contributed by atoms with E-state index in [4.69, 9.17) is 0 Å². The van der Waals surface area contributed by atoms with Crippen molar-refractivity contribution in [3.63, 3.8) is 0 Å². The van der Waals surface area contributed by atoms with E-state index in [1.165, 1.54) is 21.7 Å². The van der Waals surface area contributed by atoms with Gasteiger partial charge in [0.15, 0.2) is 0 Å². The molecule has 4 atom stereocenters. The SMILES string of the molecule is CC[C@H](C)C(NC(=O)CNC1CC1)C(=O)N[C@@H](Cc1ccccc1)[C@H](O)CN(CC(C)C)S(=O)(=O)c1ccc2ncsc2c1. The number of aromatic nitrogens is 1. The van der Waals surface area contributed by atoms with Crippen LogP contribution in [0, 0.1) is 11.8 Å². The third-order valence-electron chi connectivity index (χ3n) is 7.93. The summed E-state index contributed by atoms with van der Waals surface area (Å²) in [5.74, 6) is -0.841. The summed E-state index contributed by atoms with van der Waals surface area (Å²) in [7, 11) is -3.98. The summed E-state index contributed by atoms with van der Waals surface area (Å²) in [6.45, 7) is 7.79. The van der Waals surface area contributed by atoms with E-state index in [1.54, 1.807) is 17.6 Å². The number of amides is 2. The minimum atomic E-state index is -3.98. The van der Waals surface area contributed by atoms with Gasteiger partial charge in [0.2, 0.25) is 21.8 Å². The molecule has 1 fully saturated rings. The monoisotopic (exact) mass is 643 g/mol.